The SMILES string of the molecule is COc1ccc(CCC(C)(C=O)OC)cc1. The molecule has 3 nitrogen and oxygen atoms in total. The van der Waals surface area contributed by atoms with Crippen LogP contribution < -0.4 is 4.74 Å². The highest BCUT2D eigenvalue weighted by Crippen LogP contribution is 2.17. The van der Waals surface area contributed by atoms with Gasteiger partial charge in [0, 0.05) is 7.11 Å². The number of rotatable bonds is 6. The summed E-state index contributed by atoms with van der Waals surface area (Å²) in [5, 5.41) is 0. The monoisotopic (exact) mass is 222 g/mol. The van der Waals surface area contributed by atoms with Crippen molar-refractivity contribution in [3.8, 4) is 5.75 Å². The maximum absolute atomic E-state index is 10.8. The van der Waals surface area contributed by atoms with Crippen LogP contribution in [0.15, 0.2) is 24.3 Å². The van der Waals surface area contributed by atoms with Crippen molar-refractivity contribution in [2.45, 2.75) is 25.4 Å². The molecule has 1 unspecified atom stereocenters. The van der Waals surface area contributed by atoms with Crippen molar-refractivity contribution < 1.29 is 14.3 Å². The van der Waals surface area contributed by atoms with E-state index in [4.69, 9.17) is 9.47 Å². The van der Waals surface area contributed by atoms with Gasteiger partial charge in [0.1, 0.15) is 11.4 Å². The van der Waals surface area contributed by atoms with E-state index in [1.165, 1.54) is 5.56 Å². The van der Waals surface area contributed by atoms with Crippen LogP contribution in [-0.2, 0) is 16.0 Å². The molecule has 0 aromatic heterocycles. The normalized spacial score (nSPS) is 14.2. The summed E-state index contributed by atoms with van der Waals surface area (Å²) >= 11 is 0. The van der Waals surface area contributed by atoms with Gasteiger partial charge in [-0.15, -0.1) is 0 Å². The summed E-state index contributed by atoms with van der Waals surface area (Å²) in [6.45, 7) is 1.80. The standard InChI is InChI=1S/C13H18O3/c1-13(10-14,16-3)9-8-11-4-6-12(15-2)7-5-11/h4-7,10H,8-9H2,1-3H3. The largest absolute Gasteiger partial charge is 0.497 e. The molecule has 0 aliphatic rings. The van der Waals surface area contributed by atoms with Crippen LogP contribution in [0.4, 0.5) is 0 Å². The fourth-order valence-electron chi connectivity index (χ4n) is 1.39. The summed E-state index contributed by atoms with van der Waals surface area (Å²) in [5.74, 6) is 0.841. The minimum absolute atomic E-state index is 0.680. The molecule has 0 spiro atoms. The summed E-state index contributed by atoms with van der Waals surface area (Å²) in [4.78, 5) is 10.8. The lowest BCUT2D eigenvalue weighted by atomic mass is 9.98. The first-order chi connectivity index (χ1) is 7.63. The van der Waals surface area contributed by atoms with Crippen LogP contribution in [0.25, 0.3) is 0 Å². The average molecular weight is 222 g/mol. The van der Waals surface area contributed by atoms with Crippen LogP contribution >= 0.6 is 0 Å². The van der Waals surface area contributed by atoms with Gasteiger partial charge in [0.25, 0.3) is 0 Å². The number of carbonyl (C=O) groups is 1. The predicted molar refractivity (Wildman–Crippen MR) is 62.8 cm³/mol. The Morgan fingerprint density at radius 2 is 1.88 bits per heavy atom. The van der Waals surface area contributed by atoms with Gasteiger partial charge in [-0.2, -0.15) is 0 Å². The number of hydrogen-bond acceptors (Lipinski definition) is 3. The van der Waals surface area contributed by atoms with E-state index in [1.807, 2.05) is 24.3 Å². The third kappa shape index (κ3) is 3.35. The summed E-state index contributed by atoms with van der Waals surface area (Å²) < 4.78 is 10.2. The fourth-order valence-corrected chi connectivity index (χ4v) is 1.39. The van der Waals surface area contributed by atoms with Crippen molar-refractivity contribution in [2.24, 2.45) is 0 Å². The highest BCUT2D eigenvalue weighted by molar-refractivity contribution is 5.61. The molecule has 0 fully saturated rings. The Bertz CT molecular complexity index is 332. The van der Waals surface area contributed by atoms with E-state index in [0.29, 0.717) is 6.42 Å². The molecule has 0 N–H and O–H groups in total. The molecule has 1 aromatic carbocycles. The molecule has 0 aliphatic carbocycles. The predicted octanol–water partition coefficient (Wildman–Crippen LogP) is 2.23. The minimum atomic E-state index is -0.681. The third-order valence-electron chi connectivity index (χ3n) is 2.78. The Labute approximate surface area is 96.4 Å². The lowest BCUT2D eigenvalue weighted by Gasteiger charge is -2.20. The van der Waals surface area contributed by atoms with Gasteiger partial charge in [-0.1, -0.05) is 12.1 Å². The molecule has 0 radical (unpaired) electrons. The Balaban J connectivity index is 2.57. The molecule has 0 amide bonds. The third-order valence-corrected chi connectivity index (χ3v) is 2.78. The number of aldehydes is 1. The second-order valence-corrected chi connectivity index (χ2v) is 3.98. The van der Waals surface area contributed by atoms with E-state index in [1.54, 1.807) is 21.1 Å². The van der Waals surface area contributed by atoms with Gasteiger partial charge >= 0.3 is 0 Å². The molecule has 0 heterocycles. The average Bonchev–Trinajstić information content (AvgIpc) is 2.36. The molecule has 16 heavy (non-hydrogen) atoms. The first-order valence-electron chi connectivity index (χ1n) is 5.28. The summed E-state index contributed by atoms with van der Waals surface area (Å²) in [6.07, 6.45) is 2.35. The van der Waals surface area contributed by atoms with Crippen LogP contribution in [0, 0.1) is 0 Å². The van der Waals surface area contributed by atoms with Gasteiger partial charge in [-0.3, -0.25) is 0 Å². The van der Waals surface area contributed by atoms with E-state index in [9.17, 15) is 4.79 Å². The molecule has 1 rings (SSSR count). The van der Waals surface area contributed by atoms with E-state index in [-0.39, 0.29) is 0 Å². The molecule has 1 atom stereocenters. The number of hydrogen-bond donors (Lipinski definition) is 0. The quantitative estimate of drug-likeness (QED) is 0.692. The number of carbonyl (C=O) groups excluding carboxylic acids is 1. The Morgan fingerprint density at radius 3 is 2.31 bits per heavy atom. The van der Waals surface area contributed by atoms with Crippen molar-refractivity contribution in [3.05, 3.63) is 29.8 Å². The Hall–Kier alpha value is -1.35. The molecule has 88 valence electrons. The highest BCUT2D eigenvalue weighted by Gasteiger charge is 2.21. The molecule has 0 saturated carbocycles. The number of ether oxygens (including phenoxy) is 2. The zero-order chi connectivity index (χ0) is 12.0. The van der Waals surface area contributed by atoms with Crippen molar-refractivity contribution in [1.82, 2.24) is 0 Å². The second kappa shape index (κ2) is 5.66. The minimum Gasteiger partial charge on any atom is -0.497 e. The lowest BCUT2D eigenvalue weighted by Crippen LogP contribution is -2.29. The number of aryl methyl sites for hydroxylation is 1. The first-order valence-corrected chi connectivity index (χ1v) is 5.28. The Kier molecular flexibility index (Phi) is 4.50. The van der Waals surface area contributed by atoms with Crippen molar-refractivity contribution in [2.75, 3.05) is 14.2 Å². The van der Waals surface area contributed by atoms with Crippen LogP contribution in [0.3, 0.4) is 0 Å². The number of methoxy groups -OCH3 is 2. The lowest BCUT2D eigenvalue weighted by molar-refractivity contribution is -0.126. The maximum atomic E-state index is 10.8. The first kappa shape index (κ1) is 12.7. The highest BCUT2D eigenvalue weighted by atomic mass is 16.5. The number of benzene rings is 1. The van der Waals surface area contributed by atoms with Gasteiger partial charge in [0.2, 0.25) is 0 Å². The molecule has 0 aliphatic heterocycles. The summed E-state index contributed by atoms with van der Waals surface area (Å²) in [6, 6.07) is 7.83. The van der Waals surface area contributed by atoms with E-state index < -0.39 is 5.60 Å². The fraction of sp³-hybridized carbons (Fsp3) is 0.462. The summed E-state index contributed by atoms with van der Waals surface area (Å²) in [7, 11) is 3.20. The molecule has 1 aromatic rings. The van der Waals surface area contributed by atoms with Gasteiger partial charge in [-0.05, 0) is 37.5 Å². The van der Waals surface area contributed by atoms with Gasteiger partial charge < -0.3 is 14.3 Å². The van der Waals surface area contributed by atoms with Crippen LogP contribution in [0.1, 0.15) is 18.9 Å². The zero-order valence-corrected chi connectivity index (χ0v) is 10.0. The molecule has 0 bridgehead atoms. The molecule has 3 heteroatoms. The molecular weight excluding hydrogens is 204 g/mol. The van der Waals surface area contributed by atoms with Crippen molar-refractivity contribution in [1.29, 1.82) is 0 Å². The van der Waals surface area contributed by atoms with Gasteiger partial charge in [-0.25, -0.2) is 0 Å². The molecular formula is C13H18O3. The summed E-state index contributed by atoms with van der Waals surface area (Å²) in [5.41, 5.74) is 0.492. The second-order valence-electron chi connectivity index (χ2n) is 3.98. The van der Waals surface area contributed by atoms with Crippen LogP contribution in [0.5, 0.6) is 5.75 Å². The zero-order valence-electron chi connectivity index (χ0n) is 10.0. The smallest absolute Gasteiger partial charge is 0.151 e. The molecule has 0 saturated heterocycles. The van der Waals surface area contributed by atoms with E-state index in [0.717, 1.165) is 18.5 Å². The van der Waals surface area contributed by atoms with Crippen molar-refractivity contribution in [3.63, 3.8) is 0 Å². The van der Waals surface area contributed by atoms with Crippen LogP contribution in [-0.4, -0.2) is 26.1 Å². The Morgan fingerprint density at radius 1 is 1.25 bits per heavy atom. The van der Waals surface area contributed by atoms with Gasteiger partial charge in [0.05, 0.1) is 7.11 Å². The van der Waals surface area contributed by atoms with Crippen LogP contribution in [0.2, 0.25) is 0 Å². The van der Waals surface area contributed by atoms with Gasteiger partial charge in [0.15, 0.2) is 6.29 Å². The topological polar surface area (TPSA) is 35.5 Å². The van der Waals surface area contributed by atoms with Crippen molar-refractivity contribution >= 4 is 6.29 Å². The maximum Gasteiger partial charge on any atom is 0.151 e. The van der Waals surface area contributed by atoms with E-state index >= 15 is 0 Å². The van der Waals surface area contributed by atoms with E-state index in [2.05, 4.69) is 0 Å².